The molecule has 0 aromatic carbocycles. The SMILES string of the molecule is CC/C=C/C/C=C/C/C=C/CCCCCCCCC(=O)NC(COP(=O)([O-])OCC[N+](C)(C)C)C(/C=C/CCCCCCCCCCCCC)OC(=O)CCCCCCCCC/C=C/C/C=C/CC. The molecule has 0 saturated heterocycles. The van der Waals surface area contributed by atoms with Crippen LogP contribution in [-0.4, -0.2) is 69.4 Å². The standard InChI is InChI=1S/C59H107N2O7P/c1-7-10-13-16-19-22-25-28-30-31-33-36-39-42-45-48-51-58(62)60-56(55-67-69(64,65)66-54-53-61(4,5)6)57(50-47-44-41-38-35-32-27-24-21-18-15-12-9-3)68-59(63)52-49-46-43-40-37-34-29-26-23-20-17-14-11-8-2/h10-11,13-14,19-20,22-23,28,30,47,50,56-57H,7-9,12,15-18,21,24-27,29,31-46,48-49,51-55H2,1-6H3,(H-,60,62,64,65)/b13-10+,14-11+,22-19+,23-20+,30-28+,50-47+. The van der Waals surface area contributed by atoms with Gasteiger partial charge in [0, 0.05) is 12.8 Å². The molecule has 0 aromatic rings. The maximum atomic E-state index is 13.5. The Labute approximate surface area is 425 Å². The number of hydrogen-bond acceptors (Lipinski definition) is 7. The maximum absolute atomic E-state index is 13.5. The van der Waals surface area contributed by atoms with E-state index in [1.54, 1.807) is 0 Å². The van der Waals surface area contributed by atoms with Crippen LogP contribution in [0.1, 0.15) is 239 Å². The lowest BCUT2D eigenvalue weighted by Crippen LogP contribution is -2.47. The van der Waals surface area contributed by atoms with Crippen molar-refractivity contribution in [1.29, 1.82) is 0 Å². The molecule has 0 rings (SSSR count). The van der Waals surface area contributed by atoms with Gasteiger partial charge >= 0.3 is 5.97 Å². The molecule has 0 fully saturated rings. The highest BCUT2D eigenvalue weighted by Crippen LogP contribution is 2.38. The normalized spacial score (nSPS) is 14.4. The first kappa shape index (κ1) is 66.5. The van der Waals surface area contributed by atoms with Crippen LogP contribution in [0.2, 0.25) is 0 Å². The number of nitrogens with one attached hydrogen (secondary N) is 1. The van der Waals surface area contributed by atoms with Gasteiger partial charge in [0.2, 0.25) is 5.91 Å². The lowest BCUT2D eigenvalue weighted by molar-refractivity contribution is -0.870. The number of esters is 1. The average Bonchev–Trinajstić information content (AvgIpc) is 3.31. The molecule has 0 bridgehead atoms. The summed E-state index contributed by atoms with van der Waals surface area (Å²) < 4.78 is 30.2. The molecule has 0 aliphatic carbocycles. The summed E-state index contributed by atoms with van der Waals surface area (Å²) in [5.41, 5.74) is 0. The zero-order chi connectivity index (χ0) is 50.8. The van der Waals surface area contributed by atoms with Crippen LogP contribution < -0.4 is 10.2 Å². The Morgan fingerprint density at radius 2 is 0.928 bits per heavy atom. The fraction of sp³-hybridized carbons (Fsp3) is 0.763. The smallest absolute Gasteiger partial charge is 0.306 e. The van der Waals surface area contributed by atoms with E-state index in [1.807, 2.05) is 33.3 Å². The third-order valence-electron chi connectivity index (χ3n) is 12.1. The molecule has 0 radical (unpaired) electrons. The van der Waals surface area contributed by atoms with Crippen LogP contribution in [0.3, 0.4) is 0 Å². The number of carbonyl (C=O) groups is 2. The number of phosphoric acid groups is 1. The molecule has 0 aliphatic heterocycles. The molecule has 0 heterocycles. The summed E-state index contributed by atoms with van der Waals surface area (Å²) in [5.74, 6) is -0.567. The number of quaternary nitrogens is 1. The van der Waals surface area contributed by atoms with E-state index in [1.165, 1.54) is 77.0 Å². The molecular weight excluding hydrogens is 880 g/mol. The highest BCUT2D eigenvalue weighted by molar-refractivity contribution is 7.45. The monoisotopic (exact) mass is 987 g/mol. The second-order valence-electron chi connectivity index (χ2n) is 20.0. The van der Waals surface area contributed by atoms with E-state index in [0.29, 0.717) is 17.4 Å². The van der Waals surface area contributed by atoms with Crippen LogP contribution in [0.5, 0.6) is 0 Å². The zero-order valence-corrected chi connectivity index (χ0v) is 46.4. The van der Waals surface area contributed by atoms with Gasteiger partial charge in [-0.15, -0.1) is 0 Å². The molecule has 69 heavy (non-hydrogen) atoms. The fourth-order valence-corrected chi connectivity index (χ4v) is 8.53. The molecule has 9 nitrogen and oxygen atoms in total. The van der Waals surface area contributed by atoms with Crippen LogP contribution in [0.4, 0.5) is 0 Å². The summed E-state index contributed by atoms with van der Waals surface area (Å²) in [6.07, 6.45) is 61.5. The number of amides is 1. The summed E-state index contributed by atoms with van der Waals surface area (Å²) in [5, 5.41) is 3.01. The van der Waals surface area contributed by atoms with Crippen molar-refractivity contribution in [3.63, 3.8) is 0 Å². The first-order chi connectivity index (χ1) is 33.4. The van der Waals surface area contributed by atoms with Crippen molar-refractivity contribution in [2.75, 3.05) is 40.9 Å². The molecule has 0 aromatic heterocycles. The van der Waals surface area contributed by atoms with Crippen molar-refractivity contribution in [2.24, 2.45) is 0 Å². The molecule has 400 valence electrons. The number of rotatable bonds is 50. The first-order valence-corrected chi connectivity index (χ1v) is 29.7. The van der Waals surface area contributed by atoms with Crippen LogP contribution in [0.25, 0.3) is 0 Å². The van der Waals surface area contributed by atoms with E-state index in [2.05, 4.69) is 86.8 Å². The minimum atomic E-state index is -4.70. The van der Waals surface area contributed by atoms with E-state index in [9.17, 15) is 19.0 Å². The number of hydrogen-bond donors (Lipinski definition) is 1. The Kier molecular flexibility index (Phi) is 47.2. The number of nitrogens with zero attached hydrogens (tertiary/aromatic N) is 1. The van der Waals surface area contributed by atoms with Crippen LogP contribution in [0, 0.1) is 0 Å². The summed E-state index contributed by atoms with van der Waals surface area (Å²) in [6.45, 7) is 6.60. The van der Waals surface area contributed by atoms with Crippen molar-refractivity contribution >= 4 is 19.7 Å². The van der Waals surface area contributed by atoms with Gasteiger partial charge in [0.05, 0.1) is 33.8 Å². The quantitative estimate of drug-likeness (QED) is 0.0212. The Hall–Kier alpha value is -2.55. The highest BCUT2D eigenvalue weighted by Gasteiger charge is 2.27. The molecule has 10 heteroatoms. The number of ether oxygens (including phenoxy) is 1. The summed E-state index contributed by atoms with van der Waals surface area (Å²) >= 11 is 0. The third kappa shape index (κ3) is 50.2. The average molecular weight is 987 g/mol. The number of carbonyl (C=O) groups excluding carboxylic acids is 2. The lowest BCUT2D eigenvalue weighted by Gasteiger charge is -2.30. The minimum Gasteiger partial charge on any atom is -0.756 e. The zero-order valence-electron chi connectivity index (χ0n) is 45.5. The van der Waals surface area contributed by atoms with E-state index < -0.39 is 26.6 Å². The largest absolute Gasteiger partial charge is 0.756 e. The molecule has 0 saturated carbocycles. The van der Waals surface area contributed by atoms with Gasteiger partial charge in [-0.2, -0.15) is 0 Å². The second kappa shape index (κ2) is 49.0. The van der Waals surface area contributed by atoms with Crippen molar-refractivity contribution in [1.82, 2.24) is 5.32 Å². The molecule has 3 unspecified atom stereocenters. The van der Waals surface area contributed by atoms with E-state index >= 15 is 0 Å². The lowest BCUT2D eigenvalue weighted by atomic mass is 10.0. The van der Waals surface area contributed by atoms with Gasteiger partial charge in [-0.25, -0.2) is 0 Å². The Morgan fingerprint density at radius 1 is 0.522 bits per heavy atom. The van der Waals surface area contributed by atoms with Crippen molar-refractivity contribution in [3.05, 3.63) is 72.9 Å². The van der Waals surface area contributed by atoms with Gasteiger partial charge in [0.15, 0.2) is 0 Å². The van der Waals surface area contributed by atoms with E-state index in [0.717, 1.165) is 128 Å². The minimum absolute atomic E-state index is 0.0289. The topological polar surface area (TPSA) is 114 Å². The van der Waals surface area contributed by atoms with Gasteiger partial charge in [-0.05, 0) is 89.5 Å². The van der Waals surface area contributed by atoms with Crippen LogP contribution >= 0.6 is 7.82 Å². The molecule has 0 spiro atoms. The fourth-order valence-electron chi connectivity index (χ4n) is 7.81. The van der Waals surface area contributed by atoms with Gasteiger partial charge in [-0.1, -0.05) is 210 Å². The van der Waals surface area contributed by atoms with Gasteiger partial charge < -0.3 is 28.5 Å². The van der Waals surface area contributed by atoms with E-state index in [-0.39, 0.29) is 24.9 Å². The van der Waals surface area contributed by atoms with Gasteiger partial charge in [0.25, 0.3) is 7.82 Å². The van der Waals surface area contributed by atoms with Crippen LogP contribution in [0.15, 0.2) is 72.9 Å². The van der Waals surface area contributed by atoms with Crippen molar-refractivity contribution in [3.8, 4) is 0 Å². The maximum Gasteiger partial charge on any atom is 0.306 e. The predicted octanol–water partition coefficient (Wildman–Crippen LogP) is 16.3. The summed E-state index contributed by atoms with van der Waals surface area (Å²) in [6, 6.07) is -0.900. The number of phosphoric ester groups is 1. The molecule has 0 aliphatic rings. The number of allylic oxidation sites excluding steroid dienone is 11. The Bertz CT molecular complexity index is 1420. The highest BCUT2D eigenvalue weighted by atomic mass is 31.2. The summed E-state index contributed by atoms with van der Waals surface area (Å²) in [7, 11) is 1.16. The van der Waals surface area contributed by atoms with Gasteiger partial charge in [-0.3, -0.25) is 14.2 Å². The number of likely N-dealkylation sites (N-methyl/N-ethyl adjacent to an activating group) is 1. The van der Waals surface area contributed by atoms with E-state index in [4.69, 9.17) is 13.8 Å². The predicted molar refractivity (Wildman–Crippen MR) is 293 cm³/mol. The van der Waals surface area contributed by atoms with Crippen molar-refractivity contribution < 1.29 is 37.3 Å². The summed E-state index contributed by atoms with van der Waals surface area (Å²) in [4.78, 5) is 39.8. The van der Waals surface area contributed by atoms with Crippen molar-refractivity contribution in [2.45, 2.75) is 251 Å². The molecule has 1 N–H and O–H groups in total. The first-order valence-electron chi connectivity index (χ1n) is 28.2. The molecule has 1 amide bonds. The van der Waals surface area contributed by atoms with Gasteiger partial charge in [0.1, 0.15) is 19.3 Å². The third-order valence-corrected chi connectivity index (χ3v) is 13.1. The Morgan fingerprint density at radius 3 is 1.39 bits per heavy atom. The van der Waals surface area contributed by atoms with Crippen LogP contribution in [-0.2, 0) is 27.9 Å². The molecular formula is C59H107N2O7P. The molecule has 3 atom stereocenters. The number of unbranched alkanes of at least 4 members (excludes halogenated alkanes) is 24. The Balaban J connectivity index is 5.41. The second-order valence-corrected chi connectivity index (χ2v) is 21.4.